The molecule has 0 aliphatic carbocycles. The number of carbonyl (C=O) groups is 1. The Bertz CT molecular complexity index is 521. The van der Waals surface area contributed by atoms with Gasteiger partial charge < -0.3 is 25.3 Å². The van der Waals surface area contributed by atoms with Crippen LogP contribution in [0.15, 0.2) is 24.3 Å². The summed E-state index contributed by atoms with van der Waals surface area (Å²) in [5.74, 6) is 1.44. The molecule has 7 heteroatoms. The third-order valence-corrected chi connectivity index (χ3v) is 4.25. The highest BCUT2D eigenvalue weighted by molar-refractivity contribution is 5.85. The molecule has 6 nitrogen and oxygen atoms in total. The van der Waals surface area contributed by atoms with Crippen LogP contribution in [0.3, 0.4) is 0 Å². The van der Waals surface area contributed by atoms with Gasteiger partial charge >= 0.3 is 0 Å². The fraction of sp³-hybridized carbons (Fsp3) is 0.588. The third kappa shape index (κ3) is 5.26. The summed E-state index contributed by atoms with van der Waals surface area (Å²) in [4.78, 5) is 12.5. The number of amides is 1. The second-order valence-electron chi connectivity index (χ2n) is 5.91. The van der Waals surface area contributed by atoms with Gasteiger partial charge in [0.15, 0.2) is 0 Å². The van der Waals surface area contributed by atoms with Gasteiger partial charge in [-0.3, -0.25) is 4.79 Å². The molecule has 0 radical (unpaired) electrons. The molecular formula is C17H27ClN2O4. The van der Waals surface area contributed by atoms with E-state index in [4.69, 9.17) is 19.9 Å². The van der Waals surface area contributed by atoms with Crippen molar-refractivity contribution in [1.29, 1.82) is 0 Å². The first-order chi connectivity index (χ1) is 11.1. The molecule has 1 aromatic carbocycles. The molecule has 0 bridgehead atoms. The standard InChI is InChI=1S/C17H26N2O4.ClH/c1-13(23-15-5-3-4-14(10-15)21-2)11-19-16(20)17(12-18)6-8-22-9-7-17;/h3-5,10,13H,6-9,11-12,18H2,1-2H3,(H,19,20);1H. The number of methoxy groups -OCH3 is 1. The molecule has 1 saturated heterocycles. The quantitative estimate of drug-likeness (QED) is 0.776. The van der Waals surface area contributed by atoms with Gasteiger partial charge in [0, 0.05) is 25.8 Å². The summed E-state index contributed by atoms with van der Waals surface area (Å²) in [7, 11) is 1.61. The second-order valence-corrected chi connectivity index (χ2v) is 5.91. The summed E-state index contributed by atoms with van der Waals surface area (Å²) >= 11 is 0. The van der Waals surface area contributed by atoms with E-state index < -0.39 is 5.41 Å². The number of nitrogens with one attached hydrogen (secondary N) is 1. The number of ether oxygens (including phenoxy) is 3. The van der Waals surface area contributed by atoms with Crippen LogP contribution in [0.2, 0.25) is 0 Å². The van der Waals surface area contributed by atoms with Crippen molar-refractivity contribution < 1.29 is 19.0 Å². The largest absolute Gasteiger partial charge is 0.497 e. The summed E-state index contributed by atoms with van der Waals surface area (Å²) in [6.45, 7) is 3.85. The Morgan fingerprint density at radius 1 is 1.38 bits per heavy atom. The molecule has 0 aromatic heterocycles. The lowest BCUT2D eigenvalue weighted by atomic mass is 9.79. The molecule has 1 unspecified atom stereocenters. The first-order valence-electron chi connectivity index (χ1n) is 7.96. The minimum atomic E-state index is -0.506. The Hall–Kier alpha value is -1.50. The van der Waals surface area contributed by atoms with Crippen molar-refractivity contribution in [3.05, 3.63) is 24.3 Å². The van der Waals surface area contributed by atoms with Gasteiger partial charge in [-0.15, -0.1) is 12.4 Å². The lowest BCUT2D eigenvalue weighted by Crippen LogP contribution is -2.50. The summed E-state index contributed by atoms with van der Waals surface area (Å²) in [5, 5.41) is 2.96. The molecule has 0 saturated carbocycles. The summed E-state index contributed by atoms with van der Waals surface area (Å²) in [5.41, 5.74) is 5.33. The number of hydrogen-bond donors (Lipinski definition) is 2. The van der Waals surface area contributed by atoms with Crippen LogP contribution in [-0.4, -0.2) is 45.4 Å². The van der Waals surface area contributed by atoms with Crippen molar-refractivity contribution in [3.63, 3.8) is 0 Å². The smallest absolute Gasteiger partial charge is 0.227 e. The molecule has 3 N–H and O–H groups in total. The van der Waals surface area contributed by atoms with Crippen LogP contribution in [0, 0.1) is 5.41 Å². The van der Waals surface area contributed by atoms with E-state index in [0.717, 1.165) is 5.75 Å². The van der Waals surface area contributed by atoms with E-state index in [1.54, 1.807) is 7.11 Å². The molecule has 1 heterocycles. The minimum absolute atomic E-state index is 0. The van der Waals surface area contributed by atoms with E-state index in [9.17, 15) is 4.79 Å². The molecule has 1 aromatic rings. The normalized spacial score (nSPS) is 17.3. The summed E-state index contributed by atoms with van der Waals surface area (Å²) < 4.78 is 16.3. The fourth-order valence-electron chi connectivity index (χ4n) is 2.66. The number of benzene rings is 1. The number of carbonyl (C=O) groups excluding carboxylic acids is 1. The van der Waals surface area contributed by atoms with Crippen molar-refractivity contribution in [2.45, 2.75) is 25.9 Å². The van der Waals surface area contributed by atoms with E-state index in [0.29, 0.717) is 44.9 Å². The maximum atomic E-state index is 12.5. The fourth-order valence-corrected chi connectivity index (χ4v) is 2.66. The highest BCUT2D eigenvalue weighted by Gasteiger charge is 2.38. The Kier molecular flexibility index (Phi) is 8.31. The second kappa shape index (κ2) is 9.71. The third-order valence-electron chi connectivity index (χ3n) is 4.25. The zero-order valence-corrected chi connectivity index (χ0v) is 15.1. The summed E-state index contributed by atoms with van der Waals surface area (Å²) in [6.07, 6.45) is 1.18. The minimum Gasteiger partial charge on any atom is -0.497 e. The average Bonchev–Trinajstić information content (AvgIpc) is 2.60. The highest BCUT2D eigenvalue weighted by atomic mass is 35.5. The number of nitrogens with two attached hydrogens (primary N) is 1. The summed E-state index contributed by atoms with van der Waals surface area (Å²) in [6, 6.07) is 7.40. The van der Waals surface area contributed by atoms with Crippen LogP contribution in [0.5, 0.6) is 11.5 Å². The molecule has 24 heavy (non-hydrogen) atoms. The van der Waals surface area contributed by atoms with Gasteiger partial charge in [0.25, 0.3) is 0 Å². The zero-order chi connectivity index (χ0) is 16.7. The van der Waals surface area contributed by atoms with Gasteiger partial charge in [0.1, 0.15) is 17.6 Å². The van der Waals surface area contributed by atoms with E-state index in [1.165, 1.54) is 0 Å². The van der Waals surface area contributed by atoms with Gasteiger partial charge in [-0.25, -0.2) is 0 Å². The van der Waals surface area contributed by atoms with E-state index in [1.807, 2.05) is 31.2 Å². The van der Waals surface area contributed by atoms with Crippen LogP contribution in [0.4, 0.5) is 0 Å². The predicted molar refractivity (Wildman–Crippen MR) is 94.9 cm³/mol. The number of halogens is 1. The van der Waals surface area contributed by atoms with Crippen LogP contribution >= 0.6 is 12.4 Å². The monoisotopic (exact) mass is 358 g/mol. The van der Waals surface area contributed by atoms with E-state index >= 15 is 0 Å². The van der Waals surface area contributed by atoms with Crippen LogP contribution in [-0.2, 0) is 9.53 Å². The van der Waals surface area contributed by atoms with Gasteiger partial charge in [-0.05, 0) is 31.9 Å². The van der Waals surface area contributed by atoms with E-state index in [2.05, 4.69) is 5.32 Å². The van der Waals surface area contributed by atoms with Crippen LogP contribution in [0.1, 0.15) is 19.8 Å². The first kappa shape index (κ1) is 20.5. The van der Waals surface area contributed by atoms with Crippen LogP contribution < -0.4 is 20.5 Å². The van der Waals surface area contributed by atoms with Crippen LogP contribution in [0.25, 0.3) is 0 Å². The van der Waals surface area contributed by atoms with Gasteiger partial charge in [-0.2, -0.15) is 0 Å². The molecule has 2 rings (SSSR count). The molecule has 1 fully saturated rings. The lowest BCUT2D eigenvalue weighted by molar-refractivity contribution is -0.136. The molecule has 136 valence electrons. The molecule has 1 aliphatic heterocycles. The molecule has 1 amide bonds. The Balaban J connectivity index is 0.00000288. The lowest BCUT2D eigenvalue weighted by Gasteiger charge is -2.34. The first-order valence-corrected chi connectivity index (χ1v) is 7.96. The average molecular weight is 359 g/mol. The molecule has 0 spiro atoms. The Labute approximate surface area is 149 Å². The van der Waals surface area contributed by atoms with Crippen molar-refractivity contribution >= 4 is 18.3 Å². The van der Waals surface area contributed by atoms with Gasteiger partial charge in [0.2, 0.25) is 5.91 Å². The van der Waals surface area contributed by atoms with Crippen molar-refractivity contribution in [1.82, 2.24) is 5.32 Å². The predicted octanol–water partition coefficient (Wildman–Crippen LogP) is 1.76. The highest BCUT2D eigenvalue weighted by Crippen LogP contribution is 2.29. The maximum absolute atomic E-state index is 12.5. The van der Waals surface area contributed by atoms with Crippen molar-refractivity contribution in [2.75, 3.05) is 33.4 Å². The number of rotatable bonds is 7. The molecule has 1 atom stereocenters. The van der Waals surface area contributed by atoms with Gasteiger partial charge in [0.05, 0.1) is 19.1 Å². The zero-order valence-electron chi connectivity index (χ0n) is 14.2. The Morgan fingerprint density at radius 3 is 2.67 bits per heavy atom. The number of hydrogen-bond acceptors (Lipinski definition) is 5. The topological polar surface area (TPSA) is 82.8 Å². The van der Waals surface area contributed by atoms with E-state index in [-0.39, 0.29) is 24.4 Å². The maximum Gasteiger partial charge on any atom is 0.227 e. The van der Waals surface area contributed by atoms with Crippen molar-refractivity contribution in [2.24, 2.45) is 11.1 Å². The molecular weight excluding hydrogens is 332 g/mol. The SMILES string of the molecule is COc1cccc(OC(C)CNC(=O)C2(CN)CCOCC2)c1.Cl. The van der Waals surface area contributed by atoms with Gasteiger partial charge in [-0.1, -0.05) is 6.07 Å². The van der Waals surface area contributed by atoms with Crippen molar-refractivity contribution in [3.8, 4) is 11.5 Å². The molecule has 1 aliphatic rings. The Morgan fingerprint density at radius 2 is 2.04 bits per heavy atom.